The highest BCUT2D eigenvalue weighted by Crippen LogP contribution is 2.32. The molecule has 0 aromatic heterocycles. The van der Waals surface area contributed by atoms with E-state index in [9.17, 15) is 13.2 Å². The van der Waals surface area contributed by atoms with E-state index in [1.807, 2.05) is 12.1 Å². The molecule has 0 atom stereocenters. The minimum atomic E-state index is -3.85. The molecule has 0 saturated heterocycles. The smallest absolute Gasteiger partial charge is 0.264 e. The molecule has 0 aliphatic carbocycles. The molecule has 0 unspecified atom stereocenters. The van der Waals surface area contributed by atoms with Crippen molar-refractivity contribution < 1.29 is 13.2 Å². The van der Waals surface area contributed by atoms with E-state index in [1.54, 1.807) is 32.0 Å². The van der Waals surface area contributed by atoms with Crippen molar-refractivity contribution in [3.05, 3.63) is 58.7 Å². The van der Waals surface area contributed by atoms with Gasteiger partial charge in [0.05, 0.1) is 16.1 Å². The average Bonchev–Trinajstić information content (AvgIpc) is 2.52. The van der Waals surface area contributed by atoms with Crippen molar-refractivity contribution in [2.45, 2.75) is 44.9 Å². The van der Waals surface area contributed by atoms with Gasteiger partial charge in [0.2, 0.25) is 0 Å². The topological polar surface area (TPSA) is 80.5 Å². The molecule has 0 radical (unpaired) electrons. The number of hydrogen-bond acceptors (Lipinski definition) is 3. The van der Waals surface area contributed by atoms with Gasteiger partial charge in [0.15, 0.2) is 0 Å². The van der Waals surface area contributed by atoms with Crippen LogP contribution in [0.3, 0.4) is 0 Å². The molecule has 2 aromatic carbocycles. The summed E-state index contributed by atoms with van der Waals surface area (Å²) in [6, 6.07) is 10.2. The van der Waals surface area contributed by atoms with Crippen LogP contribution in [0.5, 0.6) is 0 Å². The van der Waals surface area contributed by atoms with Gasteiger partial charge in [-0.05, 0) is 48.1 Å². The number of aryl methyl sites for hydroxylation is 2. The summed E-state index contributed by atoms with van der Waals surface area (Å²) in [6.45, 7) is 9.85. The van der Waals surface area contributed by atoms with Gasteiger partial charge >= 0.3 is 0 Å². The Hall–Kier alpha value is -2.34. The van der Waals surface area contributed by atoms with Gasteiger partial charge in [-0.15, -0.1) is 0 Å². The maximum atomic E-state index is 13.3. The number of carbonyl (C=O) groups excluding carboxylic acids is 1. The van der Waals surface area contributed by atoms with E-state index in [0.717, 1.165) is 9.87 Å². The Labute approximate surface area is 155 Å². The molecule has 0 aliphatic heterocycles. The minimum Gasteiger partial charge on any atom is -0.366 e. The van der Waals surface area contributed by atoms with Crippen molar-refractivity contribution in [2.75, 3.05) is 11.4 Å². The van der Waals surface area contributed by atoms with Crippen molar-refractivity contribution in [3.63, 3.8) is 0 Å². The van der Waals surface area contributed by atoms with Gasteiger partial charge in [-0.25, -0.2) is 8.42 Å². The molecule has 1 amide bonds. The summed E-state index contributed by atoms with van der Waals surface area (Å²) in [5.74, 6) is -0.667. The molecule has 2 rings (SSSR count). The quantitative estimate of drug-likeness (QED) is 0.889. The highest BCUT2D eigenvalue weighted by Gasteiger charge is 2.29. The van der Waals surface area contributed by atoms with E-state index in [4.69, 9.17) is 5.73 Å². The number of para-hydroxylation sites is 1. The van der Waals surface area contributed by atoms with Crippen LogP contribution in [0.1, 0.15) is 47.8 Å². The number of rotatable bonds is 4. The Bertz CT molecular complexity index is 934. The molecule has 6 heteroatoms. The summed E-state index contributed by atoms with van der Waals surface area (Å²) in [5, 5.41) is 0. The third-order valence-electron chi connectivity index (χ3n) is 4.45. The molecule has 0 bridgehead atoms. The molecule has 5 nitrogen and oxygen atoms in total. The predicted molar refractivity (Wildman–Crippen MR) is 105 cm³/mol. The summed E-state index contributed by atoms with van der Waals surface area (Å²) >= 11 is 0. The summed E-state index contributed by atoms with van der Waals surface area (Å²) in [7, 11) is -2.41. The van der Waals surface area contributed by atoms with Gasteiger partial charge in [-0.1, -0.05) is 45.0 Å². The number of carbonyl (C=O) groups is 1. The Balaban J connectivity index is 2.64. The number of primary amides is 1. The van der Waals surface area contributed by atoms with Crippen LogP contribution in [0, 0.1) is 13.8 Å². The van der Waals surface area contributed by atoms with E-state index in [-0.39, 0.29) is 21.6 Å². The molecule has 2 N–H and O–H groups in total. The highest BCUT2D eigenvalue weighted by atomic mass is 32.2. The predicted octanol–water partition coefficient (Wildman–Crippen LogP) is 3.52. The fourth-order valence-electron chi connectivity index (χ4n) is 3.01. The number of nitrogens with two attached hydrogens (primary N) is 1. The Morgan fingerprint density at radius 1 is 1.04 bits per heavy atom. The monoisotopic (exact) mass is 374 g/mol. The lowest BCUT2D eigenvalue weighted by Gasteiger charge is -2.26. The largest absolute Gasteiger partial charge is 0.366 e. The third kappa shape index (κ3) is 3.60. The molecule has 26 heavy (non-hydrogen) atoms. The summed E-state index contributed by atoms with van der Waals surface area (Å²) in [5.41, 5.74) is 8.18. The van der Waals surface area contributed by atoms with Crippen molar-refractivity contribution >= 4 is 21.6 Å². The maximum absolute atomic E-state index is 13.3. The first-order valence-corrected chi connectivity index (χ1v) is 9.81. The van der Waals surface area contributed by atoms with Gasteiger partial charge in [0.1, 0.15) is 0 Å². The van der Waals surface area contributed by atoms with E-state index in [1.165, 1.54) is 13.1 Å². The van der Waals surface area contributed by atoms with Crippen molar-refractivity contribution in [1.82, 2.24) is 0 Å². The zero-order valence-electron chi connectivity index (χ0n) is 16.1. The number of hydrogen-bond donors (Lipinski definition) is 1. The van der Waals surface area contributed by atoms with Gasteiger partial charge in [-0.3, -0.25) is 9.10 Å². The first-order valence-electron chi connectivity index (χ1n) is 8.37. The fourth-order valence-corrected chi connectivity index (χ4v) is 4.64. The first kappa shape index (κ1) is 20.0. The van der Waals surface area contributed by atoms with Crippen LogP contribution in [0.15, 0.2) is 41.3 Å². The van der Waals surface area contributed by atoms with Crippen molar-refractivity contribution in [1.29, 1.82) is 0 Å². The van der Waals surface area contributed by atoms with Gasteiger partial charge in [0.25, 0.3) is 15.9 Å². The number of anilines is 1. The number of sulfonamides is 1. The maximum Gasteiger partial charge on any atom is 0.264 e. The van der Waals surface area contributed by atoms with Crippen LogP contribution in [0.25, 0.3) is 0 Å². The van der Waals surface area contributed by atoms with Crippen LogP contribution in [0.4, 0.5) is 5.69 Å². The molecular formula is C20H26N2O3S. The Morgan fingerprint density at radius 2 is 1.54 bits per heavy atom. The lowest BCUT2D eigenvalue weighted by Crippen LogP contribution is -2.30. The molecule has 0 spiro atoms. The molecule has 2 aromatic rings. The molecule has 0 aliphatic rings. The van der Waals surface area contributed by atoms with Gasteiger partial charge < -0.3 is 5.73 Å². The van der Waals surface area contributed by atoms with Crippen LogP contribution < -0.4 is 10.0 Å². The van der Waals surface area contributed by atoms with Crippen LogP contribution in [0.2, 0.25) is 0 Å². The number of benzene rings is 2. The molecule has 140 valence electrons. The van der Waals surface area contributed by atoms with Gasteiger partial charge in [-0.2, -0.15) is 0 Å². The van der Waals surface area contributed by atoms with E-state index in [0.29, 0.717) is 11.1 Å². The number of nitrogens with zero attached hydrogens (tertiary/aromatic N) is 1. The summed E-state index contributed by atoms with van der Waals surface area (Å²) in [6.07, 6.45) is 0. The lowest BCUT2D eigenvalue weighted by molar-refractivity contribution is 0.100. The lowest BCUT2D eigenvalue weighted by atomic mass is 9.85. The summed E-state index contributed by atoms with van der Waals surface area (Å²) in [4.78, 5) is 11.9. The zero-order chi connectivity index (χ0) is 19.9. The van der Waals surface area contributed by atoms with Crippen molar-refractivity contribution in [3.8, 4) is 0 Å². The molecule has 0 fully saturated rings. The van der Waals surface area contributed by atoms with E-state index >= 15 is 0 Å². The Morgan fingerprint density at radius 3 is 2.00 bits per heavy atom. The molecule has 0 heterocycles. The zero-order valence-corrected chi connectivity index (χ0v) is 16.9. The second-order valence-corrected chi connectivity index (χ2v) is 9.45. The summed E-state index contributed by atoms with van der Waals surface area (Å²) < 4.78 is 27.7. The average molecular weight is 375 g/mol. The second kappa shape index (κ2) is 6.76. The molecular weight excluding hydrogens is 348 g/mol. The first-order chi connectivity index (χ1) is 11.9. The van der Waals surface area contributed by atoms with Crippen LogP contribution in [-0.2, 0) is 15.4 Å². The molecule has 0 saturated carbocycles. The fraction of sp³-hybridized carbons (Fsp3) is 0.350. The van der Waals surface area contributed by atoms with E-state index < -0.39 is 15.9 Å². The van der Waals surface area contributed by atoms with Gasteiger partial charge in [0, 0.05) is 7.05 Å². The Kier molecular flexibility index (Phi) is 5.19. The van der Waals surface area contributed by atoms with Crippen LogP contribution >= 0.6 is 0 Å². The standard InChI is InChI=1S/C20H26N2O3S/c1-13-11-15(20(3,4)5)12-14(2)18(13)26(24,25)22(6)17-10-8-7-9-16(17)19(21)23/h7-12H,1-6H3,(H2,21,23). The minimum absolute atomic E-state index is 0.0811. The van der Waals surface area contributed by atoms with Crippen LogP contribution in [-0.4, -0.2) is 21.4 Å². The SMILES string of the molecule is Cc1cc(C(C)(C)C)cc(C)c1S(=O)(=O)N(C)c1ccccc1C(N)=O. The normalized spacial score (nSPS) is 12.1. The third-order valence-corrected chi connectivity index (χ3v) is 6.53. The van der Waals surface area contributed by atoms with E-state index in [2.05, 4.69) is 20.8 Å². The highest BCUT2D eigenvalue weighted by molar-refractivity contribution is 7.93. The number of amides is 1. The second-order valence-electron chi connectivity index (χ2n) is 7.54. The van der Waals surface area contributed by atoms with Crippen molar-refractivity contribution in [2.24, 2.45) is 5.73 Å².